The molecule has 2 nitrogen and oxygen atoms in total. The molecule has 0 unspecified atom stereocenters. The third-order valence-electron chi connectivity index (χ3n) is 3.70. The fourth-order valence-electron chi connectivity index (χ4n) is 2.45. The molecule has 1 heterocycles. The lowest BCUT2D eigenvalue weighted by Gasteiger charge is -2.29. The summed E-state index contributed by atoms with van der Waals surface area (Å²) in [5.41, 5.74) is 1.43. The summed E-state index contributed by atoms with van der Waals surface area (Å²) in [7, 11) is 2.22. The molecular formula is C15H24N2. The molecule has 1 aliphatic heterocycles. The van der Waals surface area contributed by atoms with Crippen LogP contribution in [0.2, 0.25) is 0 Å². The quantitative estimate of drug-likeness (QED) is 0.783. The van der Waals surface area contributed by atoms with Crippen molar-refractivity contribution in [2.75, 3.05) is 33.2 Å². The Morgan fingerprint density at radius 2 is 1.88 bits per heavy atom. The van der Waals surface area contributed by atoms with E-state index in [-0.39, 0.29) is 0 Å². The highest BCUT2D eigenvalue weighted by molar-refractivity contribution is 5.14. The minimum atomic E-state index is 0.891. The van der Waals surface area contributed by atoms with Crippen LogP contribution in [0.15, 0.2) is 30.3 Å². The van der Waals surface area contributed by atoms with Crippen LogP contribution >= 0.6 is 0 Å². The minimum absolute atomic E-state index is 0.891. The molecule has 2 rings (SSSR count). The molecule has 1 aromatic carbocycles. The van der Waals surface area contributed by atoms with Crippen LogP contribution in [0.1, 0.15) is 18.4 Å². The van der Waals surface area contributed by atoms with Gasteiger partial charge in [0, 0.05) is 0 Å². The van der Waals surface area contributed by atoms with Gasteiger partial charge in [0.05, 0.1) is 0 Å². The molecule has 1 aromatic rings. The summed E-state index contributed by atoms with van der Waals surface area (Å²) in [6.07, 6.45) is 3.86. The monoisotopic (exact) mass is 232 g/mol. The van der Waals surface area contributed by atoms with E-state index in [2.05, 4.69) is 47.6 Å². The van der Waals surface area contributed by atoms with E-state index >= 15 is 0 Å². The molecule has 2 heteroatoms. The van der Waals surface area contributed by atoms with Gasteiger partial charge < -0.3 is 10.2 Å². The second-order valence-corrected chi connectivity index (χ2v) is 5.19. The van der Waals surface area contributed by atoms with E-state index in [1.165, 1.54) is 38.0 Å². The van der Waals surface area contributed by atoms with E-state index in [1.807, 2.05) is 0 Å². The second kappa shape index (κ2) is 6.77. The first-order valence-electron chi connectivity index (χ1n) is 6.78. The zero-order valence-corrected chi connectivity index (χ0v) is 10.9. The van der Waals surface area contributed by atoms with Gasteiger partial charge in [-0.2, -0.15) is 0 Å². The van der Waals surface area contributed by atoms with Crippen molar-refractivity contribution < 1.29 is 0 Å². The average molecular weight is 232 g/mol. The van der Waals surface area contributed by atoms with E-state index in [4.69, 9.17) is 0 Å². The Morgan fingerprint density at radius 3 is 2.59 bits per heavy atom. The molecular weight excluding hydrogens is 208 g/mol. The van der Waals surface area contributed by atoms with E-state index in [1.54, 1.807) is 0 Å². The molecule has 0 radical (unpaired) electrons. The van der Waals surface area contributed by atoms with Crippen molar-refractivity contribution in [1.82, 2.24) is 10.2 Å². The van der Waals surface area contributed by atoms with Crippen LogP contribution in [0, 0.1) is 5.92 Å². The molecule has 0 aromatic heterocycles. The molecule has 94 valence electrons. The van der Waals surface area contributed by atoms with Gasteiger partial charge in [0.1, 0.15) is 0 Å². The summed E-state index contributed by atoms with van der Waals surface area (Å²) >= 11 is 0. The Bertz CT molecular complexity index is 302. The average Bonchev–Trinajstić information content (AvgIpc) is 2.38. The van der Waals surface area contributed by atoms with Crippen LogP contribution in [0.5, 0.6) is 0 Å². The van der Waals surface area contributed by atoms with Gasteiger partial charge >= 0.3 is 0 Å². The highest BCUT2D eigenvalue weighted by atomic mass is 15.1. The van der Waals surface area contributed by atoms with Crippen LogP contribution in [0.4, 0.5) is 0 Å². The van der Waals surface area contributed by atoms with Gasteiger partial charge in [0.25, 0.3) is 0 Å². The predicted molar refractivity (Wildman–Crippen MR) is 73.2 cm³/mol. The maximum Gasteiger partial charge on any atom is -0.000824 e. The van der Waals surface area contributed by atoms with Crippen LogP contribution in [-0.4, -0.2) is 38.1 Å². The third-order valence-corrected chi connectivity index (χ3v) is 3.70. The standard InChI is InChI=1S/C15H24N2/c1-17-11-8-15(9-12-17)13-16-10-7-14-5-3-2-4-6-14/h2-6,15-16H,7-13H2,1H3. The molecule has 1 saturated heterocycles. The van der Waals surface area contributed by atoms with Crippen molar-refractivity contribution in [3.05, 3.63) is 35.9 Å². The van der Waals surface area contributed by atoms with Gasteiger partial charge in [0.2, 0.25) is 0 Å². The minimum Gasteiger partial charge on any atom is -0.316 e. The van der Waals surface area contributed by atoms with Crippen LogP contribution in [0.3, 0.4) is 0 Å². The largest absolute Gasteiger partial charge is 0.316 e. The number of nitrogens with one attached hydrogen (secondary N) is 1. The zero-order valence-electron chi connectivity index (χ0n) is 10.9. The maximum atomic E-state index is 3.60. The van der Waals surface area contributed by atoms with Crippen molar-refractivity contribution in [3.63, 3.8) is 0 Å². The highest BCUT2D eigenvalue weighted by Gasteiger charge is 2.15. The van der Waals surface area contributed by atoms with Crippen molar-refractivity contribution >= 4 is 0 Å². The van der Waals surface area contributed by atoms with Crippen molar-refractivity contribution in [2.45, 2.75) is 19.3 Å². The van der Waals surface area contributed by atoms with Gasteiger partial charge in [-0.25, -0.2) is 0 Å². The molecule has 0 bridgehead atoms. The van der Waals surface area contributed by atoms with Gasteiger partial charge in [-0.1, -0.05) is 30.3 Å². The normalized spacial score (nSPS) is 18.4. The number of piperidine rings is 1. The molecule has 0 amide bonds. The SMILES string of the molecule is CN1CCC(CNCCc2ccccc2)CC1. The molecule has 1 aliphatic rings. The van der Waals surface area contributed by atoms with E-state index in [0.29, 0.717) is 0 Å². The number of hydrogen-bond donors (Lipinski definition) is 1. The second-order valence-electron chi connectivity index (χ2n) is 5.19. The summed E-state index contributed by atoms with van der Waals surface area (Å²) < 4.78 is 0. The molecule has 17 heavy (non-hydrogen) atoms. The number of likely N-dealkylation sites (tertiary alicyclic amines) is 1. The van der Waals surface area contributed by atoms with Gasteiger partial charge in [-0.15, -0.1) is 0 Å². The topological polar surface area (TPSA) is 15.3 Å². The highest BCUT2D eigenvalue weighted by Crippen LogP contribution is 2.14. The molecule has 1 N–H and O–H groups in total. The first-order chi connectivity index (χ1) is 8.34. The van der Waals surface area contributed by atoms with Crippen molar-refractivity contribution in [3.8, 4) is 0 Å². The lowest BCUT2D eigenvalue weighted by Crippen LogP contribution is -2.35. The molecule has 0 atom stereocenters. The first-order valence-corrected chi connectivity index (χ1v) is 6.78. The number of hydrogen-bond acceptors (Lipinski definition) is 2. The first kappa shape index (κ1) is 12.6. The van der Waals surface area contributed by atoms with E-state index in [0.717, 1.165) is 18.9 Å². The van der Waals surface area contributed by atoms with Crippen LogP contribution in [0.25, 0.3) is 0 Å². The predicted octanol–water partition coefficient (Wildman–Crippen LogP) is 2.16. The van der Waals surface area contributed by atoms with Gasteiger partial charge in [0.15, 0.2) is 0 Å². The summed E-state index contributed by atoms with van der Waals surface area (Å²) in [6, 6.07) is 10.7. The Morgan fingerprint density at radius 1 is 1.18 bits per heavy atom. The van der Waals surface area contributed by atoms with Gasteiger partial charge in [-0.05, 0) is 64.0 Å². The zero-order chi connectivity index (χ0) is 11.9. The van der Waals surface area contributed by atoms with Crippen molar-refractivity contribution in [2.24, 2.45) is 5.92 Å². The van der Waals surface area contributed by atoms with Gasteiger partial charge in [-0.3, -0.25) is 0 Å². The fraction of sp³-hybridized carbons (Fsp3) is 0.600. The Balaban J connectivity index is 1.57. The molecule has 1 fully saturated rings. The molecule has 0 aliphatic carbocycles. The third kappa shape index (κ3) is 4.49. The smallest absolute Gasteiger partial charge is 0.000824 e. The van der Waals surface area contributed by atoms with Crippen LogP contribution in [-0.2, 0) is 6.42 Å². The Kier molecular flexibility index (Phi) is 5.02. The summed E-state index contributed by atoms with van der Waals surface area (Å²) in [4.78, 5) is 2.43. The van der Waals surface area contributed by atoms with E-state index in [9.17, 15) is 0 Å². The molecule has 0 spiro atoms. The van der Waals surface area contributed by atoms with Crippen LogP contribution < -0.4 is 5.32 Å². The number of rotatable bonds is 5. The summed E-state index contributed by atoms with van der Waals surface area (Å²) in [5, 5.41) is 3.60. The number of benzene rings is 1. The lowest BCUT2D eigenvalue weighted by molar-refractivity contribution is 0.216. The lowest BCUT2D eigenvalue weighted by atomic mass is 9.97. The number of nitrogens with zero attached hydrogens (tertiary/aromatic N) is 1. The Hall–Kier alpha value is -0.860. The Labute approximate surface area is 105 Å². The summed E-state index contributed by atoms with van der Waals surface area (Å²) in [5.74, 6) is 0.891. The van der Waals surface area contributed by atoms with E-state index < -0.39 is 0 Å². The summed E-state index contributed by atoms with van der Waals surface area (Å²) in [6.45, 7) is 4.84. The van der Waals surface area contributed by atoms with Crippen molar-refractivity contribution in [1.29, 1.82) is 0 Å². The molecule has 0 saturated carbocycles. The fourth-order valence-corrected chi connectivity index (χ4v) is 2.45. The maximum absolute atomic E-state index is 3.60.